The molecule has 0 aromatic heterocycles. The first kappa shape index (κ1) is 21.0. The summed E-state index contributed by atoms with van der Waals surface area (Å²) in [6.07, 6.45) is 0.314. The van der Waals surface area contributed by atoms with Crippen LogP contribution in [0.1, 0.15) is 22.3 Å². The second-order valence-electron chi connectivity index (χ2n) is 7.25. The van der Waals surface area contributed by atoms with E-state index in [1.807, 2.05) is 6.07 Å². The first-order chi connectivity index (χ1) is 15.0. The Morgan fingerprint density at radius 2 is 2.06 bits per heavy atom. The molecular formula is C22H22ClN5O3. The van der Waals surface area contributed by atoms with E-state index in [0.717, 1.165) is 17.0 Å². The van der Waals surface area contributed by atoms with Crippen molar-refractivity contribution in [3.63, 3.8) is 0 Å². The zero-order valence-corrected chi connectivity index (χ0v) is 17.7. The fourth-order valence-corrected chi connectivity index (χ4v) is 3.68. The van der Waals surface area contributed by atoms with Crippen LogP contribution in [0.15, 0.2) is 52.4 Å². The third kappa shape index (κ3) is 4.92. The van der Waals surface area contributed by atoms with Crippen molar-refractivity contribution in [1.82, 2.24) is 5.32 Å². The van der Waals surface area contributed by atoms with Crippen LogP contribution in [0.3, 0.4) is 0 Å². The number of ether oxygens (including phenoxy) is 1. The van der Waals surface area contributed by atoms with Gasteiger partial charge in [0.1, 0.15) is 0 Å². The molecule has 0 fully saturated rings. The number of carbonyl (C=O) groups is 2. The van der Waals surface area contributed by atoms with Gasteiger partial charge < -0.3 is 20.7 Å². The minimum absolute atomic E-state index is 0.0790. The summed E-state index contributed by atoms with van der Waals surface area (Å²) in [4.78, 5) is 33.5. The molecule has 0 spiro atoms. The highest BCUT2D eigenvalue weighted by Crippen LogP contribution is 2.30. The maximum absolute atomic E-state index is 12.2. The van der Waals surface area contributed by atoms with Crippen LogP contribution < -0.4 is 16.0 Å². The number of nitrogens with one attached hydrogen (secondary N) is 3. The molecule has 2 aromatic rings. The van der Waals surface area contributed by atoms with Gasteiger partial charge in [-0.05, 0) is 42.5 Å². The smallest absolute Gasteiger partial charge is 0.251 e. The van der Waals surface area contributed by atoms with E-state index < -0.39 is 0 Å². The van der Waals surface area contributed by atoms with Crippen LogP contribution in [-0.2, 0) is 9.53 Å². The molecule has 1 unspecified atom stereocenters. The fraction of sp³-hybridized carbons (Fsp3) is 0.273. The number of methoxy groups -OCH3 is 1. The Morgan fingerprint density at radius 3 is 2.84 bits per heavy atom. The van der Waals surface area contributed by atoms with Crippen molar-refractivity contribution in [3.8, 4) is 0 Å². The lowest BCUT2D eigenvalue weighted by Crippen LogP contribution is -2.28. The molecule has 4 rings (SSSR count). The minimum Gasteiger partial charge on any atom is -0.383 e. The van der Waals surface area contributed by atoms with E-state index >= 15 is 0 Å². The molecule has 2 aliphatic rings. The zero-order chi connectivity index (χ0) is 21.8. The van der Waals surface area contributed by atoms with Gasteiger partial charge in [-0.2, -0.15) is 0 Å². The average molecular weight is 440 g/mol. The van der Waals surface area contributed by atoms with E-state index in [4.69, 9.17) is 21.3 Å². The number of anilines is 2. The largest absolute Gasteiger partial charge is 0.383 e. The summed E-state index contributed by atoms with van der Waals surface area (Å²) < 4.78 is 4.93. The lowest BCUT2D eigenvalue weighted by molar-refractivity contribution is -0.116. The van der Waals surface area contributed by atoms with Gasteiger partial charge in [-0.3, -0.25) is 14.6 Å². The molecule has 2 aromatic carbocycles. The first-order valence-corrected chi connectivity index (χ1v) is 10.3. The molecular weight excluding hydrogens is 418 g/mol. The molecule has 0 radical (unpaired) electrons. The van der Waals surface area contributed by atoms with Crippen LogP contribution in [0.2, 0.25) is 5.02 Å². The summed E-state index contributed by atoms with van der Waals surface area (Å²) in [6, 6.07) is 12.4. The molecule has 0 aliphatic carbocycles. The highest BCUT2D eigenvalue weighted by molar-refractivity contribution is 6.31. The summed E-state index contributed by atoms with van der Waals surface area (Å²) in [6.45, 7) is 1.37. The van der Waals surface area contributed by atoms with Gasteiger partial charge in [0.2, 0.25) is 11.9 Å². The van der Waals surface area contributed by atoms with Crippen molar-refractivity contribution in [2.24, 2.45) is 15.9 Å². The van der Waals surface area contributed by atoms with Crippen LogP contribution in [0.25, 0.3) is 0 Å². The van der Waals surface area contributed by atoms with Crippen LogP contribution in [0, 0.1) is 5.92 Å². The Morgan fingerprint density at radius 1 is 1.26 bits per heavy atom. The molecule has 3 N–H and O–H groups in total. The van der Waals surface area contributed by atoms with Gasteiger partial charge in [0.25, 0.3) is 5.91 Å². The maximum atomic E-state index is 12.2. The Balaban J connectivity index is 1.51. The van der Waals surface area contributed by atoms with Gasteiger partial charge in [0.05, 0.1) is 24.6 Å². The van der Waals surface area contributed by atoms with E-state index in [1.165, 1.54) is 0 Å². The predicted octanol–water partition coefficient (Wildman–Crippen LogP) is 2.95. The Hall–Kier alpha value is -3.23. The highest BCUT2D eigenvalue weighted by atomic mass is 35.5. The van der Waals surface area contributed by atoms with Crippen molar-refractivity contribution in [3.05, 3.63) is 58.6 Å². The topological polar surface area (TPSA) is 104 Å². The number of amides is 2. The number of carbonyl (C=O) groups excluding carboxylic acids is 2. The van der Waals surface area contributed by atoms with Crippen molar-refractivity contribution in [1.29, 1.82) is 0 Å². The predicted molar refractivity (Wildman–Crippen MR) is 121 cm³/mol. The van der Waals surface area contributed by atoms with E-state index in [0.29, 0.717) is 48.4 Å². The molecule has 8 nitrogen and oxygen atoms in total. The van der Waals surface area contributed by atoms with E-state index in [9.17, 15) is 9.59 Å². The highest BCUT2D eigenvalue weighted by Gasteiger charge is 2.30. The monoisotopic (exact) mass is 439 g/mol. The van der Waals surface area contributed by atoms with Crippen LogP contribution in [-0.4, -0.2) is 50.3 Å². The van der Waals surface area contributed by atoms with Crippen LogP contribution in [0.4, 0.5) is 11.4 Å². The van der Waals surface area contributed by atoms with Crippen molar-refractivity contribution in [2.45, 2.75) is 6.42 Å². The standard InChI is InChI=1S/C22H22ClN5O3/c1-31-9-8-24-21(30)13-2-5-16(6-3-13)26-22-25-12-14-10-19(29)27-18-11-15(23)4-7-17(18)20(14)28-22/h2-7,11,14H,8-10,12H2,1H3,(H,24,30)(H,25,26)(H,27,29). The summed E-state index contributed by atoms with van der Waals surface area (Å²) in [5, 5.41) is 9.41. The van der Waals surface area contributed by atoms with Gasteiger partial charge in [-0.25, -0.2) is 4.99 Å². The van der Waals surface area contributed by atoms with Crippen molar-refractivity contribution in [2.75, 3.05) is 37.4 Å². The second-order valence-corrected chi connectivity index (χ2v) is 7.69. The van der Waals surface area contributed by atoms with E-state index in [1.54, 1.807) is 43.5 Å². The molecule has 2 heterocycles. The van der Waals surface area contributed by atoms with E-state index in [-0.39, 0.29) is 17.7 Å². The number of hydrogen-bond acceptors (Lipinski definition) is 6. The van der Waals surface area contributed by atoms with Gasteiger partial charge in [-0.15, -0.1) is 0 Å². The lowest BCUT2D eigenvalue weighted by Gasteiger charge is -2.20. The third-order valence-electron chi connectivity index (χ3n) is 5.03. The molecule has 0 saturated heterocycles. The number of aliphatic imine (C=N–C) groups is 2. The number of nitrogens with zero attached hydrogens (tertiary/aromatic N) is 2. The first-order valence-electron chi connectivity index (χ1n) is 9.90. The molecule has 0 bridgehead atoms. The van der Waals surface area contributed by atoms with Crippen molar-refractivity contribution < 1.29 is 14.3 Å². The number of guanidine groups is 1. The van der Waals surface area contributed by atoms with Crippen LogP contribution >= 0.6 is 11.6 Å². The number of benzene rings is 2. The molecule has 2 amide bonds. The minimum atomic E-state index is -0.160. The van der Waals surface area contributed by atoms with E-state index in [2.05, 4.69) is 20.9 Å². The molecule has 1 atom stereocenters. The molecule has 160 valence electrons. The zero-order valence-electron chi connectivity index (χ0n) is 16.9. The fourth-order valence-electron chi connectivity index (χ4n) is 3.50. The summed E-state index contributed by atoms with van der Waals surface area (Å²) in [7, 11) is 1.59. The summed E-state index contributed by atoms with van der Waals surface area (Å²) >= 11 is 6.10. The van der Waals surface area contributed by atoms with Gasteiger partial charge in [-0.1, -0.05) is 11.6 Å². The SMILES string of the molecule is COCCNC(=O)c1ccc(NC2=NCC3CC(=O)Nc4cc(Cl)ccc4C3=N2)cc1. The number of halogens is 1. The third-order valence-corrected chi connectivity index (χ3v) is 5.27. The van der Waals surface area contributed by atoms with Crippen molar-refractivity contribution >= 4 is 46.5 Å². The Kier molecular flexibility index (Phi) is 6.29. The molecule has 2 aliphatic heterocycles. The molecule has 0 saturated carbocycles. The second kappa shape index (κ2) is 9.28. The summed E-state index contributed by atoms with van der Waals surface area (Å²) in [5.74, 6) is 0.127. The van der Waals surface area contributed by atoms with Crippen LogP contribution in [0.5, 0.6) is 0 Å². The Bertz CT molecular complexity index is 1070. The van der Waals surface area contributed by atoms with Gasteiger partial charge in [0, 0.05) is 47.8 Å². The summed E-state index contributed by atoms with van der Waals surface area (Å²) in [5.41, 5.74) is 3.62. The molecule has 9 heteroatoms. The average Bonchev–Trinajstić information content (AvgIpc) is 2.89. The Labute approximate surface area is 184 Å². The number of hydrogen-bond donors (Lipinski definition) is 3. The quantitative estimate of drug-likeness (QED) is 0.623. The molecule has 31 heavy (non-hydrogen) atoms. The number of fused-ring (bicyclic) bond motifs is 3. The van der Waals surface area contributed by atoms with Gasteiger partial charge in [0.15, 0.2) is 0 Å². The number of rotatable bonds is 5. The lowest BCUT2D eigenvalue weighted by atomic mass is 9.93. The maximum Gasteiger partial charge on any atom is 0.251 e. The van der Waals surface area contributed by atoms with Gasteiger partial charge >= 0.3 is 0 Å². The normalized spacial score (nSPS) is 17.4.